The maximum atomic E-state index is 14.0. The normalized spacial score (nSPS) is 16.9. The Kier molecular flexibility index (Phi) is 5.43. The summed E-state index contributed by atoms with van der Waals surface area (Å²) >= 11 is 5.71. The van der Waals surface area contributed by atoms with Crippen molar-refractivity contribution in [2.24, 2.45) is 0 Å². The summed E-state index contributed by atoms with van der Waals surface area (Å²) in [6.07, 6.45) is 0. The van der Waals surface area contributed by atoms with E-state index in [2.05, 4.69) is 19.1 Å². The van der Waals surface area contributed by atoms with Crippen molar-refractivity contribution in [2.75, 3.05) is 26.2 Å². The number of hydrogen-bond donors (Lipinski definition) is 1. The van der Waals surface area contributed by atoms with Crippen molar-refractivity contribution in [3.05, 3.63) is 64.4 Å². The lowest BCUT2D eigenvalue weighted by Crippen LogP contribution is -3.13. The summed E-state index contributed by atoms with van der Waals surface area (Å²) in [5.41, 5.74) is 2.52. The van der Waals surface area contributed by atoms with E-state index in [0.717, 1.165) is 12.6 Å². The lowest BCUT2D eigenvalue weighted by Gasteiger charge is -2.31. The van der Waals surface area contributed by atoms with Crippen molar-refractivity contribution in [1.29, 1.82) is 0 Å². The van der Waals surface area contributed by atoms with Gasteiger partial charge in [-0.3, -0.25) is 0 Å². The second-order valence-electron chi connectivity index (χ2n) is 6.33. The monoisotopic (exact) mass is 383 g/mol. The van der Waals surface area contributed by atoms with Gasteiger partial charge in [-0.05, 0) is 30.7 Å². The van der Waals surface area contributed by atoms with Crippen molar-refractivity contribution in [3.8, 4) is 0 Å². The second-order valence-corrected chi connectivity index (χ2v) is 8.67. The Bertz CT molecular complexity index is 865. The van der Waals surface area contributed by atoms with Crippen LogP contribution in [-0.4, -0.2) is 38.9 Å². The summed E-state index contributed by atoms with van der Waals surface area (Å²) in [4.78, 5) is 1.02. The van der Waals surface area contributed by atoms with Crippen LogP contribution in [0.5, 0.6) is 0 Å². The van der Waals surface area contributed by atoms with E-state index in [0.29, 0.717) is 26.2 Å². The van der Waals surface area contributed by atoms with Crippen LogP contribution >= 0.6 is 11.6 Å². The lowest BCUT2D eigenvalue weighted by atomic mass is 10.1. The van der Waals surface area contributed by atoms with E-state index in [1.165, 1.54) is 32.5 Å². The first-order valence-electron chi connectivity index (χ1n) is 8.21. The molecule has 25 heavy (non-hydrogen) atoms. The number of quaternary nitrogens is 1. The van der Waals surface area contributed by atoms with Gasteiger partial charge >= 0.3 is 0 Å². The van der Waals surface area contributed by atoms with Crippen LogP contribution in [0.3, 0.4) is 0 Å². The number of nitrogens with one attached hydrogen (secondary N) is 1. The average Bonchev–Trinajstić information content (AvgIpc) is 2.57. The van der Waals surface area contributed by atoms with Crippen molar-refractivity contribution in [2.45, 2.75) is 18.4 Å². The van der Waals surface area contributed by atoms with Crippen LogP contribution in [-0.2, 0) is 16.6 Å². The number of hydrogen-bond acceptors (Lipinski definition) is 2. The predicted octanol–water partition coefficient (Wildman–Crippen LogP) is 1.88. The molecule has 2 aromatic rings. The van der Waals surface area contributed by atoms with Crippen LogP contribution in [0, 0.1) is 12.7 Å². The van der Waals surface area contributed by atoms with E-state index in [9.17, 15) is 12.8 Å². The van der Waals surface area contributed by atoms with Crippen molar-refractivity contribution in [1.82, 2.24) is 4.31 Å². The fourth-order valence-corrected chi connectivity index (χ4v) is 4.77. The Labute approximate surface area is 152 Å². The molecule has 1 N–H and O–H groups in total. The number of aryl methyl sites for hydroxylation is 1. The number of nitrogens with zero attached hydrogens (tertiary/aromatic N) is 1. The van der Waals surface area contributed by atoms with Crippen LogP contribution in [0.2, 0.25) is 5.02 Å². The van der Waals surface area contributed by atoms with Crippen LogP contribution in [0.1, 0.15) is 11.1 Å². The molecule has 0 atom stereocenters. The third kappa shape index (κ3) is 4.03. The van der Waals surface area contributed by atoms with E-state index in [1.807, 2.05) is 12.1 Å². The van der Waals surface area contributed by atoms with Gasteiger partial charge in [-0.25, -0.2) is 12.8 Å². The lowest BCUT2D eigenvalue weighted by molar-refractivity contribution is -0.917. The van der Waals surface area contributed by atoms with Gasteiger partial charge in [-0.2, -0.15) is 4.31 Å². The molecule has 3 rings (SSSR count). The smallest absolute Gasteiger partial charge is 0.246 e. The molecule has 1 aliphatic rings. The minimum atomic E-state index is -3.83. The van der Waals surface area contributed by atoms with Crippen molar-refractivity contribution >= 4 is 21.6 Å². The molecular formula is C18H21ClFN2O2S+. The Morgan fingerprint density at radius 1 is 1.16 bits per heavy atom. The highest BCUT2D eigenvalue weighted by molar-refractivity contribution is 7.89. The van der Waals surface area contributed by atoms with E-state index in [1.54, 1.807) is 0 Å². The third-order valence-corrected chi connectivity index (χ3v) is 6.81. The van der Waals surface area contributed by atoms with Gasteiger partial charge in [0.05, 0.1) is 26.2 Å². The Morgan fingerprint density at radius 3 is 2.48 bits per heavy atom. The number of benzene rings is 2. The highest BCUT2D eigenvalue weighted by Gasteiger charge is 2.32. The van der Waals surface area contributed by atoms with Crippen molar-refractivity contribution in [3.63, 3.8) is 0 Å². The molecule has 1 saturated heterocycles. The van der Waals surface area contributed by atoms with Crippen LogP contribution in [0.15, 0.2) is 47.4 Å². The minimum absolute atomic E-state index is 0.184. The molecule has 4 nitrogen and oxygen atoms in total. The molecule has 0 radical (unpaired) electrons. The largest absolute Gasteiger partial charge is 0.329 e. The molecule has 1 fully saturated rings. The molecular weight excluding hydrogens is 363 g/mol. The Hall–Kier alpha value is -1.47. The molecule has 2 aromatic carbocycles. The SMILES string of the molecule is Cc1ccccc1C[NH+]1CCN(S(=O)(=O)c2ccc(Cl)cc2F)CC1. The molecule has 0 bridgehead atoms. The standard InChI is InChI=1S/C18H20ClFN2O2S/c1-14-4-2-3-5-15(14)13-21-8-10-22(11-9-21)25(23,24)18-7-6-16(19)12-17(18)20/h2-7,12H,8-11,13H2,1H3/p+1. The summed E-state index contributed by atoms with van der Waals surface area (Å²) < 4.78 is 40.7. The zero-order valence-electron chi connectivity index (χ0n) is 14.0. The molecule has 1 aliphatic heterocycles. The molecule has 0 saturated carbocycles. The molecule has 134 valence electrons. The molecule has 0 spiro atoms. The third-order valence-electron chi connectivity index (χ3n) is 4.64. The van der Waals surface area contributed by atoms with E-state index >= 15 is 0 Å². The number of halogens is 2. The number of rotatable bonds is 4. The number of piperazine rings is 1. The highest BCUT2D eigenvalue weighted by Crippen LogP contribution is 2.22. The first-order chi connectivity index (χ1) is 11.9. The van der Waals surface area contributed by atoms with Crippen LogP contribution in [0.25, 0.3) is 0 Å². The van der Waals surface area contributed by atoms with Gasteiger partial charge in [-0.1, -0.05) is 35.9 Å². The Morgan fingerprint density at radius 2 is 1.84 bits per heavy atom. The van der Waals surface area contributed by atoms with Crippen LogP contribution < -0.4 is 4.90 Å². The van der Waals surface area contributed by atoms with E-state index < -0.39 is 15.8 Å². The maximum absolute atomic E-state index is 14.0. The number of sulfonamides is 1. The summed E-state index contributed by atoms with van der Waals surface area (Å²) in [5.74, 6) is -0.804. The van der Waals surface area contributed by atoms with Gasteiger partial charge in [0, 0.05) is 10.6 Å². The summed E-state index contributed by atoms with van der Waals surface area (Å²) in [6, 6.07) is 11.9. The zero-order chi connectivity index (χ0) is 18.0. The van der Waals surface area contributed by atoms with E-state index in [4.69, 9.17) is 11.6 Å². The fraction of sp³-hybridized carbons (Fsp3) is 0.333. The molecule has 0 amide bonds. The maximum Gasteiger partial charge on any atom is 0.246 e. The van der Waals surface area contributed by atoms with Crippen molar-refractivity contribution < 1.29 is 17.7 Å². The van der Waals surface area contributed by atoms with Gasteiger partial charge in [0.1, 0.15) is 17.3 Å². The van der Waals surface area contributed by atoms with Gasteiger partial charge in [0.2, 0.25) is 10.0 Å². The molecule has 0 aliphatic carbocycles. The van der Waals surface area contributed by atoms with Gasteiger partial charge in [0.15, 0.2) is 0 Å². The summed E-state index contributed by atoms with van der Waals surface area (Å²) in [5, 5.41) is 0.184. The topological polar surface area (TPSA) is 41.8 Å². The molecule has 0 aromatic heterocycles. The fourth-order valence-electron chi connectivity index (χ4n) is 3.12. The van der Waals surface area contributed by atoms with Gasteiger partial charge in [-0.15, -0.1) is 0 Å². The Balaban J connectivity index is 1.68. The highest BCUT2D eigenvalue weighted by atomic mass is 35.5. The van der Waals surface area contributed by atoms with Crippen LogP contribution in [0.4, 0.5) is 4.39 Å². The first-order valence-corrected chi connectivity index (χ1v) is 10.0. The zero-order valence-corrected chi connectivity index (χ0v) is 15.6. The van der Waals surface area contributed by atoms with Gasteiger partial charge in [0.25, 0.3) is 0 Å². The summed E-state index contributed by atoms with van der Waals surface area (Å²) in [6.45, 7) is 5.11. The van der Waals surface area contributed by atoms with E-state index in [-0.39, 0.29) is 9.92 Å². The predicted molar refractivity (Wildman–Crippen MR) is 95.7 cm³/mol. The molecule has 1 heterocycles. The second kappa shape index (κ2) is 7.41. The minimum Gasteiger partial charge on any atom is -0.329 e. The van der Waals surface area contributed by atoms with Gasteiger partial charge < -0.3 is 4.90 Å². The molecule has 0 unspecified atom stereocenters. The molecule has 7 heteroatoms. The quantitative estimate of drug-likeness (QED) is 0.875. The first kappa shape index (κ1) is 18.3. The summed E-state index contributed by atoms with van der Waals surface area (Å²) in [7, 11) is -3.83. The average molecular weight is 384 g/mol.